The molecule has 6 nitrogen and oxygen atoms in total. The van der Waals surface area contributed by atoms with E-state index in [0.717, 1.165) is 96.3 Å². The van der Waals surface area contributed by atoms with Crippen molar-refractivity contribution in [3.8, 4) is 0 Å². The Hall–Kier alpha value is -3.41. The average Bonchev–Trinajstić information content (AvgIpc) is 3.37. The summed E-state index contributed by atoms with van der Waals surface area (Å²) in [5, 5.41) is 0. The van der Waals surface area contributed by atoms with E-state index in [1.165, 1.54) is 148 Å². The van der Waals surface area contributed by atoms with Crippen LogP contribution in [0.3, 0.4) is 0 Å². The fourth-order valence-corrected chi connectivity index (χ4v) is 8.35. The first-order chi connectivity index (χ1) is 35.0. The van der Waals surface area contributed by atoms with Crippen LogP contribution in [0.1, 0.15) is 290 Å². The highest BCUT2D eigenvalue weighted by molar-refractivity contribution is 5.71. The van der Waals surface area contributed by atoms with E-state index >= 15 is 0 Å². The van der Waals surface area contributed by atoms with Crippen molar-refractivity contribution in [2.45, 2.75) is 297 Å². The Morgan fingerprint density at radius 1 is 0.296 bits per heavy atom. The zero-order valence-corrected chi connectivity index (χ0v) is 46.7. The molecule has 0 aromatic heterocycles. The first-order valence-corrected chi connectivity index (χ1v) is 30.1. The summed E-state index contributed by atoms with van der Waals surface area (Å²) in [5.41, 5.74) is 0. The minimum absolute atomic E-state index is 0.101. The second-order valence-corrected chi connectivity index (χ2v) is 19.9. The van der Waals surface area contributed by atoms with Crippen molar-refractivity contribution in [1.29, 1.82) is 0 Å². The van der Waals surface area contributed by atoms with Crippen molar-refractivity contribution in [3.63, 3.8) is 0 Å². The Morgan fingerprint density at radius 3 is 0.930 bits per heavy atom. The van der Waals surface area contributed by atoms with E-state index in [-0.39, 0.29) is 37.5 Å². The molecular weight excluding hydrogens is 877 g/mol. The van der Waals surface area contributed by atoms with Crippen LogP contribution in [-0.4, -0.2) is 37.2 Å². The van der Waals surface area contributed by atoms with Gasteiger partial charge in [0, 0.05) is 19.3 Å². The van der Waals surface area contributed by atoms with Crippen molar-refractivity contribution < 1.29 is 28.6 Å². The normalized spacial score (nSPS) is 12.7. The van der Waals surface area contributed by atoms with Crippen molar-refractivity contribution in [2.75, 3.05) is 13.2 Å². The minimum Gasteiger partial charge on any atom is -0.462 e. The number of rotatable bonds is 54. The SMILES string of the molecule is CC/C=C\C/C=C\C/C=C\CCCCCCCC(=O)OC[C@H](COC(=O)CCC/C=C\C/C=C\C/C=C\CCCCCCCC)OC(=O)CCCCCCCCCCCCC/C=C\CCCCCCCC. The van der Waals surface area contributed by atoms with E-state index in [1.54, 1.807) is 0 Å². The number of unbranched alkanes of at least 4 members (excludes halogenated alkanes) is 29. The smallest absolute Gasteiger partial charge is 0.306 e. The van der Waals surface area contributed by atoms with Crippen LogP contribution in [-0.2, 0) is 28.6 Å². The number of hydrogen-bond donors (Lipinski definition) is 0. The van der Waals surface area contributed by atoms with Crippen molar-refractivity contribution in [3.05, 3.63) is 85.1 Å². The van der Waals surface area contributed by atoms with Crippen LogP contribution in [0.2, 0.25) is 0 Å². The van der Waals surface area contributed by atoms with E-state index in [2.05, 4.69) is 106 Å². The Balaban J connectivity index is 4.44. The molecule has 408 valence electrons. The van der Waals surface area contributed by atoms with Gasteiger partial charge in [0.2, 0.25) is 0 Å². The number of esters is 3. The quantitative estimate of drug-likeness (QED) is 0.0261. The lowest BCUT2D eigenvalue weighted by atomic mass is 10.0. The van der Waals surface area contributed by atoms with Crippen LogP contribution in [0.25, 0.3) is 0 Å². The Morgan fingerprint density at radius 2 is 0.563 bits per heavy atom. The lowest BCUT2D eigenvalue weighted by molar-refractivity contribution is -0.167. The van der Waals surface area contributed by atoms with Crippen molar-refractivity contribution >= 4 is 17.9 Å². The molecule has 0 heterocycles. The zero-order chi connectivity index (χ0) is 51.4. The van der Waals surface area contributed by atoms with Crippen LogP contribution in [0.15, 0.2) is 85.1 Å². The largest absolute Gasteiger partial charge is 0.462 e. The summed E-state index contributed by atoms with van der Waals surface area (Å²) in [6.45, 7) is 6.48. The summed E-state index contributed by atoms with van der Waals surface area (Å²) in [6, 6.07) is 0. The monoisotopic (exact) mass is 989 g/mol. The molecule has 0 aromatic rings. The standard InChI is InChI=1S/C65H112O6/c1-4-7-10-13-16-19-22-25-28-30-31-32-33-35-38-41-44-47-50-53-56-59-65(68)71-62(60-69-63(66)57-54-51-48-45-42-39-36-27-24-21-18-15-12-9-6-3)61-70-64(67)58-55-52-49-46-43-40-37-34-29-26-23-20-17-14-11-8-5-2/h9,12,18,21,25-29,36-37,40,46,49,62H,4-8,10-11,13-17,19-20,22-24,30-35,38-39,41-45,47-48,50-61H2,1-3H3/b12-9-,21-18-,28-25-,29-26-,36-27-,40-37-,49-46-/t62-/m1/s1. The molecule has 6 heteroatoms. The topological polar surface area (TPSA) is 78.9 Å². The van der Waals surface area contributed by atoms with Crippen LogP contribution >= 0.6 is 0 Å². The van der Waals surface area contributed by atoms with Gasteiger partial charge in [0.15, 0.2) is 6.10 Å². The highest BCUT2D eigenvalue weighted by Crippen LogP contribution is 2.15. The van der Waals surface area contributed by atoms with Crippen LogP contribution < -0.4 is 0 Å². The molecule has 1 atom stereocenters. The van der Waals surface area contributed by atoms with Gasteiger partial charge >= 0.3 is 17.9 Å². The molecule has 0 fully saturated rings. The van der Waals surface area contributed by atoms with Gasteiger partial charge in [-0.05, 0) is 109 Å². The van der Waals surface area contributed by atoms with Gasteiger partial charge in [-0.15, -0.1) is 0 Å². The van der Waals surface area contributed by atoms with Gasteiger partial charge in [-0.2, -0.15) is 0 Å². The van der Waals surface area contributed by atoms with Gasteiger partial charge < -0.3 is 14.2 Å². The summed E-state index contributed by atoms with van der Waals surface area (Å²) < 4.78 is 16.8. The van der Waals surface area contributed by atoms with Gasteiger partial charge in [0.25, 0.3) is 0 Å². The summed E-state index contributed by atoms with van der Waals surface area (Å²) in [4.78, 5) is 38.2. The number of carbonyl (C=O) groups is 3. The van der Waals surface area contributed by atoms with Crippen molar-refractivity contribution in [1.82, 2.24) is 0 Å². The molecule has 71 heavy (non-hydrogen) atoms. The number of carbonyl (C=O) groups excluding carboxylic acids is 3. The number of hydrogen-bond acceptors (Lipinski definition) is 6. The van der Waals surface area contributed by atoms with E-state index < -0.39 is 6.10 Å². The van der Waals surface area contributed by atoms with Gasteiger partial charge in [-0.1, -0.05) is 247 Å². The summed E-state index contributed by atoms with van der Waals surface area (Å²) in [6.07, 6.45) is 77.3. The zero-order valence-electron chi connectivity index (χ0n) is 46.7. The molecule has 0 amide bonds. The maximum Gasteiger partial charge on any atom is 0.306 e. The molecule has 0 aliphatic rings. The molecule has 0 spiro atoms. The van der Waals surface area contributed by atoms with E-state index in [4.69, 9.17) is 14.2 Å². The molecule has 0 N–H and O–H groups in total. The van der Waals surface area contributed by atoms with Gasteiger partial charge in [0.1, 0.15) is 13.2 Å². The highest BCUT2D eigenvalue weighted by Gasteiger charge is 2.19. The molecule has 0 unspecified atom stereocenters. The summed E-state index contributed by atoms with van der Waals surface area (Å²) in [7, 11) is 0. The van der Waals surface area contributed by atoms with Gasteiger partial charge in [0.05, 0.1) is 0 Å². The molecule has 0 rings (SSSR count). The second kappa shape index (κ2) is 59.2. The molecule has 0 saturated heterocycles. The lowest BCUT2D eigenvalue weighted by Gasteiger charge is -2.18. The molecule has 0 aliphatic carbocycles. The number of allylic oxidation sites excluding steroid dienone is 14. The summed E-state index contributed by atoms with van der Waals surface area (Å²) in [5.74, 6) is -0.963. The maximum atomic E-state index is 12.9. The van der Waals surface area contributed by atoms with Crippen LogP contribution in [0.5, 0.6) is 0 Å². The molecule has 0 aliphatic heterocycles. The highest BCUT2D eigenvalue weighted by atomic mass is 16.6. The predicted molar refractivity (Wildman–Crippen MR) is 307 cm³/mol. The van der Waals surface area contributed by atoms with E-state index in [0.29, 0.717) is 19.3 Å². The third-order valence-corrected chi connectivity index (χ3v) is 12.9. The van der Waals surface area contributed by atoms with Gasteiger partial charge in [-0.25, -0.2) is 0 Å². The average molecular weight is 990 g/mol. The third-order valence-electron chi connectivity index (χ3n) is 12.9. The lowest BCUT2D eigenvalue weighted by Crippen LogP contribution is -2.30. The fraction of sp³-hybridized carbons (Fsp3) is 0.738. The molecule has 0 saturated carbocycles. The maximum absolute atomic E-state index is 12.9. The fourth-order valence-electron chi connectivity index (χ4n) is 8.35. The first kappa shape index (κ1) is 67.6. The molecule has 0 bridgehead atoms. The van der Waals surface area contributed by atoms with Gasteiger partial charge in [-0.3, -0.25) is 14.4 Å². The van der Waals surface area contributed by atoms with E-state index in [9.17, 15) is 14.4 Å². The minimum atomic E-state index is -0.805. The Kier molecular flexibility index (Phi) is 56.3. The van der Waals surface area contributed by atoms with E-state index in [1.807, 2.05) is 0 Å². The Labute approximate surface area is 439 Å². The molecule has 0 aromatic carbocycles. The number of ether oxygens (including phenoxy) is 3. The second-order valence-electron chi connectivity index (χ2n) is 19.9. The predicted octanol–water partition coefficient (Wildman–Crippen LogP) is 20.3. The van der Waals surface area contributed by atoms with Crippen LogP contribution in [0.4, 0.5) is 0 Å². The first-order valence-electron chi connectivity index (χ1n) is 30.1. The Bertz CT molecular complexity index is 1370. The summed E-state index contributed by atoms with van der Waals surface area (Å²) >= 11 is 0. The molecule has 0 radical (unpaired) electrons. The third kappa shape index (κ3) is 57.4. The molecular formula is C65H112O6. The van der Waals surface area contributed by atoms with Crippen molar-refractivity contribution in [2.24, 2.45) is 0 Å². The van der Waals surface area contributed by atoms with Crippen LogP contribution in [0, 0.1) is 0 Å².